The largest absolute Gasteiger partial charge is 0.451 e. The lowest BCUT2D eigenvalue weighted by Crippen LogP contribution is -2.28. The average Bonchev–Trinajstić information content (AvgIpc) is 2.77. The van der Waals surface area contributed by atoms with Gasteiger partial charge in [0, 0.05) is 5.57 Å². The van der Waals surface area contributed by atoms with Gasteiger partial charge in [-0.1, -0.05) is 24.8 Å². The Labute approximate surface area is 90.3 Å². The van der Waals surface area contributed by atoms with Crippen LogP contribution in [0, 0.1) is 5.92 Å². The molecule has 0 saturated heterocycles. The van der Waals surface area contributed by atoms with Crippen molar-refractivity contribution in [2.75, 3.05) is 0 Å². The SMILES string of the molecule is C=C/C=C(\C)C(=O)OC12C=CC(CC1)C2. The monoisotopic (exact) mass is 204 g/mol. The molecule has 2 aliphatic carbocycles. The van der Waals surface area contributed by atoms with Gasteiger partial charge in [0.05, 0.1) is 0 Å². The van der Waals surface area contributed by atoms with Gasteiger partial charge >= 0.3 is 5.97 Å². The Kier molecular flexibility index (Phi) is 2.51. The van der Waals surface area contributed by atoms with Gasteiger partial charge in [0.25, 0.3) is 0 Å². The Morgan fingerprint density at radius 1 is 1.67 bits per heavy atom. The van der Waals surface area contributed by atoms with Gasteiger partial charge in [-0.2, -0.15) is 0 Å². The summed E-state index contributed by atoms with van der Waals surface area (Å²) in [5.41, 5.74) is 0.320. The van der Waals surface area contributed by atoms with Crippen molar-refractivity contribution in [2.24, 2.45) is 5.92 Å². The van der Waals surface area contributed by atoms with Crippen LogP contribution in [0.5, 0.6) is 0 Å². The van der Waals surface area contributed by atoms with Crippen molar-refractivity contribution in [2.45, 2.75) is 31.8 Å². The Morgan fingerprint density at radius 2 is 2.47 bits per heavy atom. The number of ether oxygens (including phenoxy) is 1. The maximum atomic E-state index is 11.7. The van der Waals surface area contributed by atoms with E-state index in [0.29, 0.717) is 11.5 Å². The summed E-state index contributed by atoms with van der Waals surface area (Å²) in [7, 11) is 0. The van der Waals surface area contributed by atoms with Gasteiger partial charge in [0.15, 0.2) is 0 Å². The molecule has 0 spiro atoms. The van der Waals surface area contributed by atoms with Crippen LogP contribution in [0.1, 0.15) is 26.2 Å². The number of hydrogen-bond donors (Lipinski definition) is 0. The third kappa shape index (κ3) is 1.89. The number of esters is 1. The van der Waals surface area contributed by atoms with Crippen molar-refractivity contribution in [1.29, 1.82) is 0 Å². The Hall–Kier alpha value is -1.31. The molecule has 0 aromatic heterocycles. The highest BCUT2D eigenvalue weighted by Gasteiger charge is 2.43. The average molecular weight is 204 g/mol. The first-order valence-corrected chi connectivity index (χ1v) is 5.37. The molecule has 0 N–H and O–H groups in total. The van der Waals surface area contributed by atoms with Crippen molar-refractivity contribution in [1.82, 2.24) is 0 Å². The zero-order valence-corrected chi connectivity index (χ0v) is 9.03. The van der Waals surface area contributed by atoms with Gasteiger partial charge < -0.3 is 4.74 Å². The van der Waals surface area contributed by atoms with E-state index in [1.165, 1.54) is 0 Å². The zero-order chi connectivity index (χ0) is 10.9. The summed E-state index contributed by atoms with van der Waals surface area (Å²) < 4.78 is 5.56. The van der Waals surface area contributed by atoms with Crippen LogP contribution >= 0.6 is 0 Å². The lowest BCUT2D eigenvalue weighted by molar-refractivity contribution is -0.149. The molecule has 80 valence electrons. The molecular formula is C13H16O2. The molecule has 0 aromatic rings. The zero-order valence-electron chi connectivity index (χ0n) is 9.03. The molecule has 2 bridgehead atoms. The van der Waals surface area contributed by atoms with Crippen molar-refractivity contribution >= 4 is 5.97 Å². The topological polar surface area (TPSA) is 26.3 Å². The minimum Gasteiger partial charge on any atom is -0.451 e. The molecule has 0 amide bonds. The van der Waals surface area contributed by atoms with Gasteiger partial charge in [0.1, 0.15) is 5.60 Å². The Balaban J connectivity index is 2.03. The number of carbonyl (C=O) groups is 1. The fraction of sp³-hybridized carbons (Fsp3) is 0.462. The van der Waals surface area contributed by atoms with Crippen LogP contribution in [0.25, 0.3) is 0 Å². The summed E-state index contributed by atoms with van der Waals surface area (Å²) >= 11 is 0. The normalized spacial score (nSPS) is 33.1. The molecular weight excluding hydrogens is 188 g/mol. The molecule has 0 radical (unpaired) electrons. The van der Waals surface area contributed by atoms with E-state index < -0.39 is 0 Å². The highest BCUT2D eigenvalue weighted by atomic mass is 16.6. The molecule has 1 saturated carbocycles. The molecule has 2 atom stereocenters. The summed E-state index contributed by atoms with van der Waals surface area (Å²) in [5, 5.41) is 0. The van der Waals surface area contributed by atoms with Crippen molar-refractivity contribution in [3.63, 3.8) is 0 Å². The maximum absolute atomic E-state index is 11.7. The second kappa shape index (κ2) is 3.69. The molecule has 2 aliphatic rings. The van der Waals surface area contributed by atoms with Gasteiger partial charge in [-0.25, -0.2) is 4.79 Å². The van der Waals surface area contributed by atoms with E-state index in [1.54, 1.807) is 19.1 Å². The molecule has 2 nitrogen and oxygen atoms in total. The quantitative estimate of drug-likeness (QED) is 0.306. The van der Waals surface area contributed by atoms with Crippen molar-refractivity contribution in [3.8, 4) is 0 Å². The predicted octanol–water partition coefficient (Wildman–Crippen LogP) is 2.77. The first-order valence-electron chi connectivity index (χ1n) is 5.37. The number of rotatable bonds is 3. The third-order valence-corrected chi connectivity index (χ3v) is 3.20. The molecule has 0 aliphatic heterocycles. The minimum absolute atomic E-state index is 0.220. The van der Waals surface area contributed by atoms with Crippen LogP contribution in [-0.4, -0.2) is 11.6 Å². The number of fused-ring (bicyclic) bond motifs is 2. The number of carbonyl (C=O) groups excluding carboxylic acids is 1. The van der Waals surface area contributed by atoms with E-state index in [-0.39, 0.29) is 11.6 Å². The lowest BCUT2D eigenvalue weighted by atomic mass is 10.0. The fourth-order valence-corrected chi connectivity index (χ4v) is 2.34. The summed E-state index contributed by atoms with van der Waals surface area (Å²) in [6.07, 6.45) is 10.6. The van der Waals surface area contributed by atoms with E-state index in [0.717, 1.165) is 19.3 Å². The smallest absolute Gasteiger partial charge is 0.334 e. The second-order valence-electron chi connectivity index (χ2n) is 4.40. The molecule has 15 heavy (non-hydrogen) atoms. The molecule has 2 heteroatoms. The number of hydrogen-bond acceptors (Lipinski definition) is 2. The van der Waals surface area contributed by atoms with Crippen LogP contribution in [-0.2, 0) is 9.53 Å². The van der Waals surface area contributed by atoms with E-state index in [4.69, 9.17) is 4.74 Å². The predicted molar refractivity (Wildman–Crippen MR) is 59.3 cm³/mol. The van der Waals surface area contributed by atoms with Gasteiger partial charge in [-0.3, -0.25) is 0 Å². The van der Waals surface area contributed by atoms with Crippen LogP contribution in [0.2, 0.25) is 0 Å². The standard InChI is InChI=1S/C13H16O2/c1-3-4-10(2)12(14)15-13-7-5-11(9-13)6-8-13/h3-5,7,11H,1,6,8-9H2,2H3/b10-4+. The molecule has 1 fully saturated rings. The first-order chi connectivity index (χ1) is 7.15. The van der Waals surface area contributed by atoms with E-state index >= 15 is 0 Å². The van der Waals surface area contributed by atoms with E-state index in [9.17, 15) is 4.79 Å². The van der Waals surface area contributed by atoms with Gasteiger partial charge in [0.2, 0.25) is 0 Å². The molecule has 2 unspecified atom stereocenters. The highest BCUT2D eigenvalue weighted by molar-refractivity contribution is 5.88. The van der Waals surface area contributed by atoms with Crippen LogP contribution in [0.3, 0.4) is 0 Å². The number of allylic oxidation sites excluding steroid dienone is 3. The first kappa shape index (κ1) is 10.2. The van der Waals surface area contributed by atoms with E-state index in [2.05, 4.69) is 18.7 Å². The summed E-state index contributed by atoms with van der Waals surface area (Å²) in [6.45, 7) is 5.32. The third-order valence-electron chi connectivity index (χ3n) is 3.20. The maximum Gasteiger partial charge on any atom is 0.334 e. The summed E-state index contributed by atoms with van der Waals surface area (Å²) in [6, 6.07) is 0. The van der Waals surface area contributed by atoms with Gasteiger partial charge in [-0.15, -0.1) is 0 Å². The highest BCUT2D eigenvalue weighted by Crippen LogP contribution is 2.45. The van der Waals surface area contributed by atoms with Crippen LogP contribution in [0.4, 0.5) is 0 Å². The van der Waals surface area contributed by atoms with E-state index in [1.807, 2.05) is 0 Å². The van der Waals surface area contributed by atoms with Crippen LogP contribution in [0.15, 0.2) is 36.5 Å². The second-order valence-corrected chi connectivity index (χ2v) is 4.40. The van der Waals surface area contributed by atoms with Crippen molar-refractivity contribution in [3.05, 3.63) is 36.5 Å². The molecule has 0 aromatic carbocycles. The van der Waals surface area contributed by atoms with Gasteiger partial charge in [-0.05, 0) is 38.2 Å². The van der Waals surface area contributed by atoms with Crippen LogP contribution < -0.4 is 0 Å². The Bertz CT molecular complexity index is 352. The summed E-state index contributed by atoms with van der Waals surface area (Å²) in [5.74, 6) is 0.406. The minimum atomic E-state index is -0.294. The van der Waals surface area contributed by atoms with Crippen molar-refractivity contribution < 1.29 is 9.53 Å². The Morgan fingerprint density at radius 3 is 2.93 bits per heavy atom. The lowest BCUT2D eigenvalue weighted by Gasteiger charge is -2.24. The summed E-state index contributed by atoms with van der Waals surface area (Å²) in [4.78, 5) is 11.7. The molecule has 0 heterocycles. The fourth-order valence-electron chi connectivity index (χ4n) is 2.34. The molecule has 2 rings (SSSR count).